The van der Waals surface area contributed by atoms with E-state index in [-0.39, 0.29) is 17.4 Å². The molecular formula is C17H34O4Si. The quantitative estimate of drug-likeness (QED) is 0.256. The summed E-state index contributed by atoms with van der Waals surface area (Å²) in [5.41, 5.74) is -0.516. The molecule has 0 aliphatic heterocycles. The summed E-state index contributed by atoms with van der Waals surface area (Å²) < 4.78 is 11.6. The molecule has 4 nitrogen and oxygen atoms in total. The average Bonchev–Trinajstić information content (AvgIpc) is 2.32. The average molecular weight is 331 g/mol. The van der Waals surface area contributed by atoms with E-state index in [0.717, 1.165) is 25.5 Å². The highest BCUT2D eigenvalue weighted by Gasteiger charge is 2.43. The third-order valence-electron chi connectivity index (χ3n) is 4.41. The van der Waals surface area contributed by atoms with Crippen LogP contribution in [0.4, 0.5) is 0 Å². The van der Waals surface area contributed by atoms with Gasteiger partial charge in [0.1, 0.15) is 6.29 Å². The predicted octanol–water partition coefficient (Wildman–Crippen LogP) is 4.48. The second kappa shape index (κ2) is 8.82. The number of aldehydes is 1. The number of ether oxygens (including phenoxy) is 1. The van der Waals surface area contributed by atoms with Crippen molar-refractivity contribution in [2.75, 3.05) is 6.61 Å². The number of unbranched alkanes of at least 4 members (excludes halogenated alkanes) is 2. The van der Waals surface area contributed by atoms with Crippen LogP contribution in [-0.2, 0) is 18.8 Å². The van der Waals surface area contributed by atoms with Crippen LogP contribution in [0.2, 0.25) is 18.1 Å². The molecule has 1 unspecified atom stereocenters. The molecule has 0 spiro atoms. The molecule has 0 aromatic rings. The maximum Gasteiger partial charge on any atom is 0.308 e. The van der Waals surface area contributed by atoms with E-state index < -0.39 is 13.9 Å². The van der Waals surface area contributed by atoms with E-state index in [2.05, 4.69) is 33.9 Å². The Labute approximate surface area is 137 Å². The number of hydrogen-bond donors (Lipinski definition) is 0. The zero-order chi connectivity index (χ0) is 17.4. The number of esters is 1. The molecule has 130 valence electrons. The monoisotopic (exact) mass is 330 g/mol. The van der Waals surface area contributed by atoms with Crippen molar-refractivity contribution < 1.29 is 18.8 Å². The Hall–Kier alpha value is -0.683. The van der Waals surface area contributed by atoms with Gasteiger partial charge >= 0.3 is 5.97 Å². The number of carbonyl (C=O) groups is 2. The van der Waals surface area contributed by atoms with Gasteiger partial charge in [0, 0.05) is 6.42 Å². The minimum absolute atomic E-state index is 0.0890. The van der Waals surface area contributed by atoms with Gasteiger partial charge in [-0.15, -0.1) is 0 Å². The molecular weight excluding hydrogens is 296 g/mol. The minimum Gasteiger partial charge on any atom is -0.466 e. The molecule has 0 aromatic heterocycles. The van der Waals surface area contributed by atoms with Crippen LogP contribution >= 0.6 is 0 Å². The predicted molar refractivity (Wildman–Crippen MR) is 92.5 cm³/mol. The van der Waals surface area contributed by atoms with E-state index in [1.807, 2.05) is 13.8 Å². The smallest absolute Gasteiger partial charge is 0.308 e. The fourth-order valence-electron chi connectivity index (χ4n) is 2.19. The van der Waals surface area contributed by atoms with E-state index >= 15 is 0 Å². The molecule has 0 radical (unpaired) electrons. The molecule has 0 N–H and O–H groups in total. The Morgan fingerprint density at radius 3 is 2.18 bits per heavy atom. The van der Waals surface area contributed by atoms with Crippen LogP contribution in [0.15, 0.2) is 0 Å². The van der Waals surface area contributed by atoms with Gasteiger partial charge in [-0.1, -0.05) is 27.2 Å². The Kier molecular flexibility index (Phi) is 8.55. The number of carbonyl (C=O) groups excluding carboxylic acids is 2. The summed E-state index contributed by atoms with van der Waals surface area (Å²) >= 11 is 0. The van der Waals surface area contributed by atoms with Gasteiger partial charge in [-0.05, 0) is 44.8 Å². The first-order chi connectivity index (χ1) is 9.97. The van der Waals surface area contributed by atoms with Gasteiger partial charge in [0.2, 0.25) is 0 Å². The van der Waals surface area contributed by atoms with Crippen LogP contribution in [0.3, 0.4) is 0 Å². The maximum atomic E-state index is 11.9. The lowest BCUT2D eigenvalue weighted by atomic mass is 9.95. The molecule has 22 heavy (non-hydrogen) atoms. The SMILES string of the molecule is CCOC(=O)CC(C)(CCCCC=O)O[Si](C)(C)C(C)(C)C. The molecule has 0 saturated heterocycles. The normalized spacial score (nSPS) is 15.2. The molecule has 0 amide bonds. The lowest BCUT2D eigenvalue weighted by molar-refractivity contribution is -0.147. The number of hydrogen-bond acceptors (Lipinski definition) is 4. The van der Waals surface area contributed by atoms with Crippen LogP contribution in [0.25, 0.3) is 0 Å². The van der Waals surface area contributed by atoms with Crippen molar-refractivity contribution in [2.24, 2.45) is 0 Å². The molecule has 0 saturated carbocycles. The first-order valence-corrected chi connectivity index (χ1v) is 11.2. The van der Waals surface area contributed by atoms with Gasteiger partial charge in [0.05, 0.1) is 18.6 Å². The van der Waals surface area contributed by atoms with E-state index in [4.69, 9.17) is 9.16 Å². The lowest BCUT2D eigenvalue weighted by Gasteiger charge is -2.44. The highest BCUT2D eigenvalue weighted by molar-refractivity contribution is 6.74. The zero-order valence-corrected chi connectivity index (χ0v) is 16.5. The van der Waals surface area contributed by atoms with Crippen LogP contribution < -0.4 is 0 Å². The van der Waals surface area contributed by atoms with Crippen molar-refractivity contribution in [3.8, 4) is 0 Å². The van der Waals surface area contributed by atoms with Gasteiger partial charge in [-0.2, -0.15) is 0 Å². The van der Waals surface area contributed by atoms with Crippen molar-refractivity contribution >= 4 is 20.6 Å². The maximum absolute atomic E-state index is 11.9. The van der Waals surface area contributed by atoms with E-state index in [9.17, 15) is 9.59 Å². The summed E-state index contributed by atoms with van der Waals surface area (Å²) in [6.45, 7) is 15.2. The molecule has 5 heteroatoms. The summed E-state index contributed by atoms with van der Waals surface area (Å²) in [5, 5.41) is 0.0890. The Bertz CT molecular complexity index is 360. The highest BCUT2D eigenvalue weighted by atomic mass is 28.4. The topological polar surface area (TPSA) is 52.6 Å². The van der Waals surface area contributed by atoms with Crippen molar-refractivity contribution in [3.63, 3.8) is 0 Å². The summed E-state index contributed by atoms with van der Waals surface area (Å²) in [6, 6.07) is 0. The van der Waals surface area contributed by atoms with E-state index in [1.165, 1.54) is 0 Å². The third-order valence-corrected chi connectivity index (χ3v) is 9.02. The van der Waals surface area contributed by atoms with Gasteiger partial charge in [-0.25, -0.2) is 0 Å². The number of rotatable bonds is 10. The molecule has 0 bridgehead atoms. The minimum atomic E-state index is -1.98. The molecule has 1 atom stereocenters. The standard InChI is InChI=1S/C17H34O4Si/c1-8-20-15(19)14-17(5,12-10-9-11-13-18)21-22(6,7)16(2,3)4/h13H,8-12,14H2,1-7H3. The fraction of sp³-hybridized carbons (Fsp3) is 0.882. The van der Waals surface area contributed by atoms with Crippen molar-refractivity contribution in [1.29, 1.82) is 0 Å². The summed E-state index contributed by atoms with van der Waals surface area (Å²) in [4.78, 5) is 22.4. The van der Waals surface area contributed by atoms with Crippen LogP contribution in [0.5, 0.6) is 0 Å². The molecule has 0 aliphatic rings. The van der Waals surface area contributed by atoms with E-state index in [1.54, 1.807) is 0 Å². The van der Waals surface area contributed by atoms with Crippen molar-refractivity contribution in [1.82, 2.24) is 0 Å². The highest BCUT2D eigenvalue weighted by Crippen LogP contribution is 2.41. The first kappa shape index (κ1) is 21.3. The van der Waals surface area contributed by atoms with Crippen LogP contribution in [0.1, 0.15) is 66.7 Å². The second-order valence-electron chi connectivity index (χ2n) is 7.71. The Balaban J connectivity index is 4.98. The molecule has 0 aliphatic carbocycles. The molecule has 0 rings (SSSR count). The lowest BCUT2D eigenvalue weighted by Crippen LogP contribution is -2.49. The fourth-order valence-corrected chi connectivity index (χ4v) is 3.90. The molecule has 0 fully saturated rings. The van der Waals surface area contributed by atoms with Crippen LogP contribution in [-0.4, -0.2) is 32.8 Å². The Morgan fingerprint density at radius 2 is 1.73 bits per heavy atom. The molecule has 0 heterocycles. The van der Waals surface area contributed by atoms with Gasteiger partial charge in [-0.3, -0.25) is 4.79 Å². The van der Waals surface area contributed by atoms with Crippen molar-refractivity contribution in [2.45, 2.75) is 90.5 Å². The van der Waals surface area contributed by atoms with Crippen LogP contribution in [0, 0.1) is 0 Å². The van der Waals surface area contributed by atoms with Gasteiger partial charge in [0.15, 0.2) is 8.32 Å². The van der Waals surface area contributed by atoms with E-state index in [0.29, 0.717) is 13.0 Å². The van der Waals surface area contributed by atoms with Gasteiger partial charge in [0.25, 0.3) is 0 Å². The molecule has 0 aromatic carbocycles. The Morgan fingerprint density at radius 1 is 1.14 bits per heavy atom. The zero-order valence-electron chi connectivity index (χ0n) is 15.5. The summed E-state index contributed by atoms with van der Waals surface area (Å²) in [5.74, 6) is -0.209. The summed E-state index contributed by atoms with van der Waals surface area (Å²) in [6.07, 6.45) is 4.26. The largest absolute Gasteiger partial charge is 0.466 e. The third kappa shape index (κ3) is 7.54. The van der Waals surface area contributed by atoms with Gasteiger partial charge < -0.3 is 14.0 Å². The summed E-state index contributed by atoms with van der Waals surface area (Å²) in [7, 11) is -1.98. The second-order valence-corrected chi connectivity index (χ2v) is 12.4. The first-order valence-electron chi connectivity index (χ1n) is 8.27. The van der Waals surface area contributed by atoms with Crippen molar-refractivity contribution in [3.05, 3.63) is 0 Å².